The molecule has 0 spiro atoms. The number of carbonyl (C=O) groups is 2. The highest BCUT2D eigenvalue weighted by atomic mass is 79.9. The van der Waals surface area contributed by atoms with Crippen molar-refractivity contribution in [2.75, 3.05) is 5.32 Å². The summed E-state index contributed by atoms with van der Waals surface area (Å²) in [6.45, 7) is 0. The number of carbonyl (C=O) groups excluding carboxylic acids is 1. The number of carboxylic acids is 1. The number of aryl methyl sites for hydroxylation is 1. The average molecular weight is 409 g/mol. The van der Waals surface area contributed by atoms with Gasteiger partial charge in [-0.15, -0.1) is 11.3 Å². The molecule has 0 atom stereocenters. The first-order valence-electron chi connectivity index (χ1n) is 4.91. The van der Waals surface area contributed by atoms with Crippen LogP contribution in [0.2, 0.25) is 0 Å². The van der Waals surface area contributed by atoms with E-state index in [0.29, 0.717) is 4.88 Å². The van der Waals surface area contributed by atoms with E-state index in [9.17, 15) is 9.59 Å². The first kappa shape index (κ1) is 14.2. The van der Waals surface area contributed by atoms with Crippen LogP contribution in [0.25, 0.3) is 0 Å². The van der Waals surface area contributed by atoms with Crippen molar-refractivity contribution < 1.29 is 14.7 Å². The molecule has 0 saturated carbocycles. The predicted octanol–water partition coefficient (Wildman–Crippen LogP) is 2.96. The maximum atomic E-state index is 12.0. The minimum atomic E-state index is -1.15. The molecule has 100 valence electrons. The summed E-state index contributed by atoms with van der Waals surface area (Å²) < 4.78 is 2.76. The number of aromatic carboxylic acids is 1. The number of nitrogens with one attached hydrogen (secondary N) is 1. The summed E-state index contributed by atoms with van der Waals surface area (Å²) in [7, 11) is 1.50. The van der Waals surface area contributed by atoms with Gasteiger partial charge in [0.2, 0.25) is 0 Å². The lowest BCUT2D eigenvalue weighted by Gasteiger charge is -2.02. The van der Waals surface area contributed by atoms with E-state index in [1.165, 1.54) is 29.3 Å². The number of halogens is 2. The lowest BCUT2D eigenvalue weighted by molar-refractivity contribution is 0.0686. The number of carboxylic acid groups (broad SMARTS) is 1. The zero-order chi connectivity index (χ0) is 14.2. The fourth-order valence-electron chi connectivity index (χ4n) is 1.43. The van der Waals surface area contributed by atoms with E-state index in [2.05, 4.69) is 42.3 Å². The van der Waals surface area contributed by atoms with Crippen LogP contribution in [0.15, 0.2) is 20.5 Å². The molecule has 0 aliphatic rings. The summed E-state index contributed by atoms with van der Waals surface area (Å²) in [6, 6.07) is 1.65. The van der Waals surface area contributed by atoms with Gasteiger partial charge < -0.3 is 10.4 Å². The van der Waals surface area contributed by atoms with Gasteiger partial charge in [0.1, 0.15) is 0 Å². The van der Waals surface area contributed by atoms with Crippen molar-refractivity contribution in [1.29, 1.82) is 0 Å². The molecule has 0 bridgehead atoms. The molecule has 0 unspecified atom stereocenters. The molecule has 6 nitrogen and oxygen atoms in total. The van der Waals surface area contributed by atoms with Gasteiger partial charge >= 0.3 is 5.97 Å². The molecule has 0 saturated heterocycles. The van der Waals surface area contributed by atoms with Crippen molar-refractivity contribution in [1.82, 2.24) is 9.78 Å². The lowest BCUT2D eigenvalue weighted by atomic mass is 10.3. The second kappa shape index (κ2) is 5.43. The van der Waals surface area contributed by atoms with Gasteiger partial charge in [0.05, 0.1) is 20.5 Å². The Balaban J connectivity index is 2.27. The van der Waals surface area contributed by atoms with Gasteiger partial charge in [-0.05, 0) is 37.9 Å². The van der Waals surface area contributed by atoms with E-state index >= 15 is 0 Å². The van der Waals surface area contributed by atoms with Gasteiger partial charge in [-0.25, -0.2) is 4.79 Å². The zero-order valence-electron chi connectivity index (χ0n) is 9.48. The van der Waals surface area contributed by atoms with Crippen LogP contribution in [0.4, 0.5) is 5.69 Å². The van der Waals surface area contributed by atoms with E-state index in [1.807, 2.05) is 0 Å². The van der Waals surface area contributed by atoms with Gasteiger partial charge in [0, 0.05) is 11.5 Å². The van der Waals surface area contributed by atoms with Gasteiger partial charge in [-0.2, -0.15) is 5.10 Å². The molecule has 0 aromatic carbocycles. The maximum absolute atomic E-state index is 12.0. The Hall–Kier alpha value is -1.19. The third kappa shape index (κ3) is 2.88. The highest BCUT2D eigenvalue weighted by Gasteiger charge is 2.19. The fourth-order valence-corrected chi connectivity index (χ4v) is 3.36. The molecule has 0 radical (unpaired) electrons. The Labute approximate surface area is 128 Å². The van der Waals surface area contributed by atoms with E-state index in [0.717, 1.165) is 8.26 Å². The monoisotopic (exact) mass is 407 g/mol. The molecule has 2 aromatic heterocycles. The van der Waals surface area contributed by atoms with Crippen LogP contribution in [-0.4, -0.2) is 26.8 Å². The minimum absolute atomic E-state index is 0.0666. The molecule has 0 fully saturated rings. The molecular weight excluding hydrogens is 402 g/mol. The summed E-state index contributed by atoms with van der Waals surface area (Å²) in [5, 5.41) is 15.4. The van der Waals surface area contributed by atoms with Crippen molar-refractivity contribution in [2.24, 2.45) is 7.05 Å². The maximum Gasteiger partial charge on any atom is 0.356 e. The van der Waals surface area contributed by atoms with Crippen LogP contribution in [0, 0.1) is 0 Å². The number of nitrogens with zero attached hydrogens (tertiary/aromatic N) is 2. The first-order chi connectivity index (χ1) is 8.90. The van der Waals surface area contributed by atoms with Crippen LogP contribution >= 0.6 is 43.2 Å². The molecule has 2 rings (SSSR count). The molecule has 2 heterocycles. The minimum Gasteiger partial charge on any atom is -0.476 e. The van der Waals surface area contributed by atoms with Crippen molar-refractivity contribution >= 4 is 60.8 Å². The van der Waals surface area contributed by atoms with Gasteiger partial charge in [0.15, 0.2) is 5.69 Å². The van der Waals surface area contributed by atoms with Gasteiger partial charge in [0.25, 0.3) is 5.91 Å². The van der Waals surface area contributed by atoms with E-state index in [4.69, 9.17) is 5.11 Å². The third-order valence-corrected chi connectivity index (χ3v) is 5.51. The molecular formula is C10H7Br2N3O3S. The number of hydrogen-bond acceptors (Lipinski definition) is 4. The highest BCUT2D eigenvalue weighted by Crippen LogP contribution is 2.32. The summed E-state index contributed by atoms with van der Waals surface area (Å²) in [4.78, 5) is 23.5. The Bertz CT molecular complexity index is 646. The van der Waals surface area contributed by atoms with Crippen molar-refractivity contribution in [2.45, 2.75) is 0 Å². The standard InChI is InChI=1S/C10H7Br2N3O3S/c1-15-7(10(17)18)5(3-13-15)14-9(16)6-2-4(11)8(12)19-6/h2-3H,1H3,(H,14,16)(H,17,18). The Morgan fingerprint density at radius 1 is 1.47 bits per heavy atom. The fraction of sp³-hybridized carbons (Fsp3) is 0.100. The van der Waals surface area contributed by atoms with Crippen molar-refractivity contribution in [3.63, 3.8) is 0 Å². The Morgan fingerprint density at radius 3 is 2.68 bits per heavy atom. The largest absolute Gasteiger partial charge is 0.476 e. The number of hydrogen-bond donors (Lipinski definition) is 2. The normalized spacial score (nSPS) is 10.5. The van der Waals surface area contributed by atoms with Crippen molar-refractivity contribution in [3.05, 3.63) is 31.1 Å². The third-order valence-electron chi connectivity index (χ3n) is 2.26. The number of anilines is 1. The summed E-state index contributed by atoms with van der Waals surface area (Å²) in [5.74, 6) is -1.53. The average Bonchev–Trinajstić information content (AvgIpc) is 2.84. The second-order valence-electron chi connectivity index (χ2n) is 3.52. The van der Waals surface area contributed by atoms with Crippen LogP contribution in [0.3, 0.4) is 0 Å². The number of aromatic nitrogens is 2. The van der Waals surface area contributed by atoms with Gasteiger partial charge in [-0.3, -0.25) is 9.48 Å². The van der Waals surface area contributed by atoms with Crippen LogP contribution < -0.4 is 5.32 Å². The number of amides is 1. The smallest absolute Gasteiger partial charge is 0.356 e. The Kier molecular flexibility index (Phi) is 4.07. The zero-order valence-corrected chi connectivity index (χ0v) is 13.5. The van der Waals surface area contributed by atoms with E-state index in [-0.39, 0.29) is 17.3 Å². The summed E-state index contributed by atoms with van der Waals surface area (Å²) in [6.07, 6.45) is 1.30. The van der Waals surface area contributed by atoms with Gasteiger partial charge in [-0.1, -0.05) is 0 Å². The quantitative estimate of drug-likeness (QED) is 0.817. The van der Waals surface area contributed by atoms with E-state index < -0.39 is 5.97 Å². The SMILES string of the molecule is Cn1ncc(NC(=O)c2cc(Br)c(Br)s2)c1C(=O)O. The number of rotatable bonds is 3. The summed E-state index contributed by atoms with van der Waals surface area (Å²) >= 11 is 7.82. The molecule has 9 heteroatoms. The highest BCUT2D eigenvalue weighted by molar-refractivity contribution is 9.13. The first-order valence-corrected chi connectivity index (χ1v) is 7.32. The lowest BCUT2D eigenvalue weighted by Crippen LogP contribution is -2.14. The molecule has 19 heavy (non-hydrogen) atoms. The molecule has 2 aromatic rings. The van der Waals surface area contributed by atoms with Crippen LogP contribution in [-0.2, 0) is 7.05 Å². The predicted molar refractivity (Wildman–Crippen MR) is 77.8 cm³/mol. The molecule has 0 aliphatic carbocycles. The molecule has 1 amide bonds. The summed E-state index contributed by atoms with van der Waals surface area (Å²) in [5.41, 5.74) is 0.101. The molecule has 2 N–H and O–H groups in total. The van der Waals surface area contributed by atoms with Crippen LogP contribution in [0.1, 0.15) is 20.2 Å². The van der Waals surface area contributed by atoms with Crippen molar-refractivity contribution in [3.8, 4) is 0 Å². The number of thiophene rings is 1. The topological polar surface area (TPSA) is 84.2 Å². The molecule has 0 aliphatic heterocycles. The van der Waals surface area contributed by atoms with E-state index in [1.54, 1.807) is 6.07 Å². The second-order valence-corrected chi connectivity index (χ2v) is 6.75. The Morgan fingerprint density at radius 2 is 2.16 bits per heavy atom. The van der Waals surface area contributed by atoms with Crippen LogP contribution in [0.5, 0.6) is 0 Å².